The van der Waals surface area contributed by atoms with Gasteiger partial charge in [0.25, 0.3) is 5.91 Å². The normalized spacial score (nSPS) is 10.3. The standard InChI is InChI=1S/C21H26N2O7/c1-3-30-17-6-4-13(10-18(17)29-2)5-7-19(26)22-8-9-23-21(28)14-11-15(24)20(27)16(25)12-14/h4,6,10-12,24-25,27H,3,5,7-9H2,1-2H3,(H,22,26)(H,23,28). The first-order valence-corrected chi connectivity index (χ1v) is 9.45. The van der Waals surface area contributed by atoms with E-state index in [0.717, 1.165) is 17.7 Å². The number of carbonyl (C=O) groups is 2. The molecule has 2 rings (SSSR count). The first-order chi connectivity index (χ1) is 14.3. The van der Waals surface area contributed by atoms with Gasteiger partial charge in [-0.2, -0.15) is 0 Å². The van der Waals surface area contributed by atoms with E-state index >= 15 is 0 Å². The van der Waals surface area contributed by atoms with Crippen molar-refractivity contribution in [1.29, 1.82) is 0 Å². The van der Waals surface area contributed by atoms with E-state index in [4.69, 9.17) is 9.47 Å². The van der Waals surface area contributed by atoms with Crippen LogP contribution in [-0.4, -0.2) is 53.9 Å². The minimum atomic E-state index is -0.691. The second-order valence-corrected chi connectivity index (χ2v) is 6.39. The minimum absolute atomic E-state index is 0.0152. The molecule has 9 nitrogen and oxygen atoms in total. The Morgan fingerprint density at radius 3 is 2.27 bits per heavy atom. The molecule has 2 amide bonds. The van der Waals surface area contributed by atoms with Crippen molar-refractivity contribution in [2.24, 2.45) is 0 Å². The summed E-state index contributed by atoms with van der Waals surface area (Å²) >= 11 is 0. The minimum Gasteiger partial charge on any atom is -0.504 e. The van der Waals surface area contributed by atoms with Crippen LogP contribution in [0.25, 0.3) is 0 Å². The number of carbonyl (C=O) groups excluding carboxylic acids is 2. The average Bonchev–Trinajstić information content (AvgIpc) is 2.73. The van der Waals surface area contributed by atoms with Crippen LogP contribution in [0, 0.1) is 0 Å². The van der Waals surface area contributed by atoms with Gasteiger partial charge < -0.3 is 35.4 Å². The van der Waals surface area contributed by atoms with Gasteiger partial charge >= 0.3 is 0 Å². The van der Waals surface area contributed by atoms with Gasteiger partial charge in [-0.15, -0.1) is 0 Å². The van der Waals surface area contributed by atoms with E-state index in [1.54, 1.807) is 7.11 Å². The van der Waals surface area contributed by atoms with Crippen LogP contribution in [-0.2, 0) is 11.2 Å². The SMILES string of the molecule is CCOc1ccc(CCC(=O)NCCNC(=O)c2cc(O)c(O)c(O)c2)cc1OC. The van der Waals surface area contributed by atoms with Crippen LogP contribution in [0.5, 0.6) is 28.7 Å². The van der Waals surface area contributed by atoms with Gasteiger partial charge in [-0.1, -0.05) is 6.07 Å². The highest BCUT2D eigenvalue weighted by Crippen LogP contribution is 2.35. The van der Waals surface area contributed by atoms with Crippen LogP contribution < -0.4 is 20.1 Å². The number of aryl methyl sites for hydroxylation is 1. The van der Waals surface area contributed by atoms with E-state index in [2.05, 4.69) is 10.6 Å². The molecule has 0 aromatic heterocycles. The Morgan fingerprint density at radius 2 is 1.63 bits per heavy atom. The quantitative estimate of drug-likeness (QED) is 0.292. The highest BCUT2D eigenvalue weighted by Gasteiger charge is 2.13. The predicted octanol–water partition coefficient (Wildman–Crippen LogP) is 1.69. The van der Waals surface area contributed by atoms with Crippen molar-refractivity contribution in [3.63, 3.8) is 0 Å². The summed E-state index contributed by atoms with van der Waals surface area (Å²) in [6.45, 7) is 2.79. The summed E-state index contributed by atoms with van der Waals surface area (Å²) < 4.78 is 10.8. The van der Waals surface area contributed by atoms with Gasteiger partial charge in [0, 0.05) is 25.1 Å². The lowest BCUT2D eigenvalue weighted by molar-refractivity contribution is -0.121. The Balaban J connectivity index is 1.74. The summed E-state index contributed by atoms with van der Waals surface area (Å²) in [4.78, 5) is 24.0. The molecule has 0 bridgehead atoms. The van der Waals surface area contributed by atoms with E-state index in [0.29, 0.717) is 24.5 Å². The fourth-order valence-electron chi connectivity index (χ4n) is 2.70. The molecular formula is C21H26N2O7. The molecule has 0 atom stereocenters. The molecule has 0 fully saturated rings. The first-order valence-electron chi connectivity index (χ1n) is 9.45. The molecule has 0 radical (unpaired) electrons. The van der Waals surface area contributed by atoms with Gasteiger partial charge in [-0.05, 0) is 43.2 Å². The third-order valence-electron chi connectivity index (χ3n) is 4.23. The smallest absolute Gasteiger partial charge is 0.251 e. The molecule has 0 spiro atoms. The summed E-state index contributed by atoms with van der Waals surface area (Å²) in [7, 11) is 1.56. The van der Waals surface area contributed by atoms with Crippen molar-refractivity contribution < 1.29 is 34.4 Å². The molecule has 0 heterocycles. The zero-order chi connectivity index (χ0) is 22.1. The lowest BCUT2D eigenvalue weighted by Gasteiger charge is -2.11. The van der Waals surface area contributed by atoms with Crippen molar-refractivity contribution in [1.82, 2.24) is 10.6 Å². The topological polar surface area (TPSA) is 137 Å². The lowest BCUT2D eigenvalue weighted by Crippen LogP contribution is -2.34. The number of nitrogens with one attached hydrogen (secondary N) is 2. The Kier molecular flexibility index (Phi) is 8.16. The summed E-state index contributed by atoms with van der Waals surface area (Å²) in [5.41, 5.74) is 0.921. The summed E-state index contributed by atoms with van der Waals surface area (Å²) in [6, 6.07) is 7.59. The number of aromatic hydroxyl groups is 3. The Morgan fingerprint density at radius 1 is 0.967 bits per heavy atom. The molecule has 0 unspecified atom stereocenters. The molecule has 9 heteroatoms. The Labute approximate surface area is 174 Å². The molecular weight excluding hydrogens is 392 g/mol. The van der Waals surface area contributed by atoms with Gasteiger partial charge in [0.2, 0.25) is 5.91 Å². The van der Waals surface area contributed by atoms with Crippen LogP contribution in [0.15, 0.2) is 30.3 Å². The molecule has 5 N–H and O–H groups in total. The molecule has 162 valence electrons. The van der Waals surface area contributed by atoms with Crippen molar-refractivity contribution in [3.8, 4) is 28.7 Å². The maximum absolute atomic E-state index is 12.0. The number of phenols is 3. The maximum atomic E-state index is 12.0. The van der Waals surface area contributed by atoms with Crippen LogP contribution in [0.3, 0.4) is 0 Å². The second kappa shape index (κ2) is 10.8. The van der Waals surface area contributed by atoms with E-state index in [1.165, 1.54) is 0 Å². The lowest BCUT2D eigenvalue weighted by atomic mass is 10.1. The molecule has 2 aromatic rings. The molecule has 0 aliphatic carbocycles. The third-order valence-corrected chi connectivity index (χ3v) is 4.23. The largest absolute Gasteiger partial charge is 0.504 e. The first kappa shape index (κ1) is 22.7. The van der Waals surface area contributed by atoms with Gasteiger partial charge in [-0.3, -0.25) is 9.59 Å². The van der Waals surface area contributed by atoms with Gasteiger partial charge in [0.05, 0.1) is 13.7 Å². The summed E-state index contributed by atoms with van der Waals surface area (Å²) in [5.74, 6) is -1.35. The maximum Gasteiger partial charge on any atom is 0.251 e. The number of phenolic OH excluding ortho intramolecular Hbond substituents is 3. The second-order valence-electron chi connectivity index (χ2n) is 6.39. The fraction of sp³-hybridized carbons (Fsp3) is 0.333. The molecule has 2 aromatic carbocycles. The van der Waals surface area contributed by atoms with Crippen molar-refractivity contribution in [3.05, 3.63) is 41.5 Å². The number of rotatable bonds is 10. The highest BCUT2D eigenvalue weighted by molar-refractivity contribution is 5.95. The number of hydrogen-bond donors (Lipinski definition) is 5. The van der Waals surface area contributed by atoms with Gasteiger partial charge in [0.15, 0.2) is 28.7 Å². The molecule has 0 saturated heterocycles. The predicted molar refractivity (Wildman–Crippen MR) is 109 cm³/mol. The van der Waals surface area contributed by atoms with E-state index < -0.39 is 23.2 Å². The summed E-state index contributed by atoms with van der Waals surface area (Å²) in [6.07, 6.45) is 0.789. The fourth-order valence-corrected chi connectivity index (χ4v) is 2.70. The summed E-state index contributed by atoms with van der Waals surface area (Å²) in [5, 5.41) is 33.4. The van der Waals surface area contributed by atoms with Crippen molar-refractivity contribution in [2.75, 3.05) is 26.8 Å². The highest BCUT2D eigenvalue weighted by atomic mass is 16.5. The third kappa shape index (κ3) is 6.20. The number of ether oxygens (including phenoxy) is 2. The van der Waals surface area contributed by atoms with Crippen LogP contribution >= 0.6 is 0 Å². The zero-order valence-corrected chi connectivity index (χ0v) is 16.9. The van der Waals surface area contributed by atoms with E-state index in [9.17, 15) is 24.9 Å². The monoisotopic (exact) mass is 418 g/mol. The van der Waals surface area contributed by atoms with E-state index in [-0.39, 0.29) is 31.0 Å². The molecule has 0 aliphatic heterocycles. The number of methoxy groups -OCH3 is 1. The number of hydrogen-bond acceptors (Lipinski definition) is 7. The van der Waals surface area contributed by atoms with Crippen molar-refractivity contribution in [2.45, 2.75) is 19.8 Å². The van der Waals surface area contributed by atoms with E-state index in [1.807, 2.05) is 25.1 Å². The average molecular weight is 418 g/mol. The Bertz CT molecular complexity index is 876. The number of amides is 2. The van der Waals surface area contributed by atoms with Crippen molar-refractivity contribution >= 4 is 11.8 Å². The van der Waals surface area contributed by atoms with Crippen LogP contribution in [0.1, 0.15) is 29.3 Å². The van der Waals surface area contributed by atoms with Crippen LogP contribution in [0.2, 0.25) is 0 Å². The zero-order valence-electron chi connectivity index (χ0n) is 16.9. The molecule has 0 saturated carbocycles. The van der Waals surface area contributed by atoms with Gasteiger partial charge in [-0.25, -0.2) is 0 Å². The molecule has 0 aliphatic rings. The number of benzene rings is 2. The van der Waals surface area contributed by atoms with Crippen LogP contribution in [0.4, 0.5) is 0 Å². The molecule has 30 heavy (non-hydrogen) atoms. The van der Waals surface area contributed by atoms with Gasteiger partial charge in [0.1, 0.15) is 0 Å². The Hall–Kier alpha value is -3.62.